The van der Waals surface area contributed by atoms with Crippen LogP contribution in [0.25, 0.3) is 0 Å². The molecule has 0 spiro atoms. The van der Waals surface area contributed by atoms with Gasteiger partial charge >= 0.3 is 12.3 Å². The van der Waals surface area contributed by atoms with Crippen molar-refractivity contribution in [2.24, 2.45) is 0 Å². The van der Waals surface area contributed by atoms with Crippen molar-refractivity contribution in [3.05, 3.63) is 54.1 Å². The van der Waals surface area contributed by atoms with E-state index in [1.807, 2.05) is 0 Å². The summed E-state index contributed by atoms with van der Waals surface area (Å²) in [4.78, 5) is 11.1. The van der Waals surface area contributed by atoms with Gasteiger partial charge < -0.3 is 14.2 Å². The van der Waals surface area contributed by atoms with Crippen molar-refractivity contribution in [3.8, 4) is 17.2 Å². The Balaban J connectivity index is 1.92. The van der Waals surface area contributed by atoms with Crippen LogP contribution < -0.4 is 9.47 Å². The SMILES string of the molecule is COC(=O)CCc1ccc(Oc2ccc(OC(F)(F)F)cc2)cc1. The molecule has 2 rings (SSSR count). The molecule has 0 fully saturated rings. The third-order valence-corrected chi connectivity index (χ3v) is 3.06. The largest absolute Gasteiger partial charge is 0.573 e. The van der Waals surface area contributed by atoms with Crippen LogP contribution in [0.2, 0.25) is 0 Å². The van der Waals surface area contributed by atoms with E-state index in [0.29, 0.717) is 17.9 Å². The summed E-state index contributed by atoms with van der Waals surface area (Å²) in [6.45, 7) is 0. The molecule has 0 radical (unpaired) electrons. The molecule has 0 aliphatic rings. The second-order valence-electron chi connectivity index (χ2n) is 4.84. The lowest BCUT2D eigenvalue weighted by Gasteiger charge is -2.10. The summed E-state index contributed by atoms with van der Waals surface area (Å²) < 4.78 is 50.1. The van der Waals surface area contributed by atoms with Gasteiger partial charge in [0.2, 0.25) is 0 Å². The molecule has 0 aliphatic heterocycles. The van der Waals surface area contributed by atoms with Crippen LogP contribution in [0.5, 0.6) is 17.2 Å². The van der Waals surface area contributed by atoms with Gasteiger partial charge in [0, 0.05) is 6.42 Å². The molecule has 0 bridgehead atoms. The molecule has 128 valence electrons. The van der Waals surface area contributed by atoms with E-state index in [-0.39, 0.29) is 18.1 Å². The van der Waals surface area contributed by atoms with E-state index in [9.17, 15) is 18.0 Å². The Hall–Kier alpha value is -2.70. The Kier molecular flexibility index (Phi) is 5.68. The molecule has 0 unspecified atom stereocenters. The van der Waals surface area contributed by atoms with Crippen LogP contribution in [0.1, 0.15) is 12.0 Å². The van der Waals surface area contributed by atoms with Crippen LogP contribution >= 0.6 is 0 Å². The Morgan fingerprint density at radius 2 is 1.42 bits per heavy atom. The maximum atomic E-state index is 12.1. The maximum absolute atomic E-state index is 12.1. The number of esters is 1. The summed E-state index contributed by atoms with van der Waals surface area (Å²) in [7, 11) is 1.34. The zero-order valence-electron chi connectivity index (χ0n) is 12.8. The van der Waals surface area contributed by atoms with Gasteiger partial charge in [0.25, 0.3) is 0 Å². The number of carbonyl (C=O) groups excluding carboxylic acids is 1. The van der Waals surface area contributed by atoms with Gasteiger partial charge in [-0.25, -0.2) is 0 Å². The molecule has 4 nitrogen and oxygen atoms in total. The van der Waals surface area contributed by atoms with Crippen LogP contribution in [-0.4, -0.2) is 19.4 Å². The third kappa shape index (κ3) is 5.83. The first-order chi connectivity index (χ1) is 11.4. The molecule has 24 heavy (non-hydrogen) atoms. The van der Waals surface area contributed by atoms with Crippen LogP contribution in [0.3, 0.4) is 0 Å². The predicted octanol–water partition coefficient (Wildman–Crippen LogP) is 4.48. The number of carbonyl (C=O) groups is 1. The van der Waals surface area contributed by atoms with Crippen molar-refractivity contribution in [2.75, 3.05) is 7.11 Å². The number of methoxy groups -OCH3 is 1. The zero-order valence-corrected chi connectivity index (χ0v) is 12.8. The Bertz CT molecular complexity index is 664. The Morgan fingerprint density at radius 1 is 0.917 bits per heavy atom. The van der Waals surface area contributed by atoms with Gasteiger partial charge in [0.1, 0.15) is 17.2 Å². The van der Waals surface area contributed by atoms with Crippen molar-refractivity contribution < 1.29 is 32.2 Å². The molecule has 7 heteroatoms. The third-order valence-electron chi connectivity index (χ3n) is 3.06. The van der Waals surface area contributed by atoms with Crippen LogP contribution in [0, 0.1) is 0 Å². The van der Waals surface area contributed by atoms with Gasteiger partial charge in [-0.05, 0) is 48.4 Å². The fourth-order valence-electron chi connectivity index (χ4n) is 1.92. The smallest absolute Gasteiger partial charge is 0.469 e. The molecule has 0 aromatic heterocycles. The van der Waals surface area contributed by atoms with Crippen molar-refractivity contribution in [2.45, 2.75) is 19.2 Å². The normalized spacial score (nSPS) is 11.0. The number of hydrogen-bond donors (Lipinski definition) is 0. The number of ether oxygens (including phenoxy) is 3. The summed E-state index contributed by atoms with van der Waals surface area (Å²) >= 11 is 0. The number of halogens is 3. The van der Waals surface area contributed by atoms with Crippen LogP contribution in [0.15, 0.2) is 48.5 Å². The number of rotatable bonds is 6. The molecule has 0 aliphatic carbocycles. The molecule has 2 aromatic carbocycles. The molecular formula is C17H15F3O4. The van der Waals surface area contributed by atoms with Gasteiger partial charge in [-0.1, -0.05) is 12.1 Å². The summed E-state index contributed by atoms with van der Waals surface area (Å²) in [5.41, 5.74) is 0.946. The number of alkyl halides is 3. The quantitative estimate of drug-likeness (QED) is 0.727. The topological polar surface area (TPSA) is 44.8 Å². The van der Waals surface area contributed by atoms with Crippen molar-refractivity contribution >= 4 is 5.97 Å². The lowest BCUT2D eigenvalue weighted by atomic mass is 10.1. The van der Waals surface area contributed by atoms with E-state index >= 15 is 0 Å². The van der Waals surface area contributed by atoms with Gasteiger partial charge in [0.05, 0.1) is 7.11 Å². The summed E-state index contributed by atoms with van der Waals surface area (Å²) in [5.74, 6) is 0.317. The molecule has 0 saturated heterocycles. The first-order valence-electron chi connectivity index (χ1n) is 7.05. The average Bonchev–Trinajstić information content (AvgIpc) is 2.54. The minimum Gasteiger partial charge on any atom is -0.469 e. The van der Waals surface area contributed by atoms with Gasteiger partial charge in [-0.2, -0.15) is 0 Å². The van der Waals surface area contributed by atoms with Gasteiger partial charge in [0.15, 0.2) is 0 Å². The second-order valence-corrected chi connectivity index (χ2v) is 4.84. The molecule has 2 aromatic rings. The van der Waals surface area contributed by atoms with E-state index in [1.54, 1.807) is 24.3 Å². The van der Waals surface area contributed by atoms with E-state index in [2.05, 4.69) is 9.47 Å². The highest BCUT2D eigenvalue weighted by Crippen LogP contribution is 2.27. The molecule has 0 saturated carbocycles. The van der Waals surface area contributed by atoms with Crippen molar-refractivity contribution in [3.63, 3.8) is 0 Å². The molecule has 0 atom stereocenters. The lowest BCUT2D eigenvalue weighted by Crippen LogP contribution is -2.16. The molecular weight excluding hydrogens is 325 g/mol. The monoisotopic (exact) mass is 340 g/mol. The minimum absolute atomic E-state index is 0.281. The fourth-order valence-corrected chi connectivity index (χ4v) is 1.92. The first kappa shape index (κ1) is 17.7. The molecule has 0 heterocycles. The Labute approximate surface area is 136 Å². The van der Waals surface area contributed by atoms with Crippen molar-refractivity contribution in [1.29, 1.82) is 0 Å². The van der Waals surface area contributed by atoms with Crippen LogP contribution in [-0.2, 0) is 16.0 Å². The predicted molar refractivity (Wildman–Crippen MR) is 80.0 cm³/mol. The van der Waals surface area contributed by atoms with Crippen LogP contribution in [0.4, 0.5) is 13.2 Å². The summed E-state index contributed by atoms with van der Waals surface area (Å²) in [6, 6.07) is 12.2. The number of hydrogen-bond acceptors (Lipinski definition) is 4. The second kappa shape index (κ2) is 7.72. The highest BCUT2D eigenvalue weighted by atomic mass is 19.4. The van der Waals surface area contributed by atoms with E-state index in [4.69, 9.17) is 4.74 Å². The molecule has 0 N–H and O–H groups in total. The fraction of sp³-hybridized carbons (Fsp3) is 0.235. The molecule has 0 amide bonds. The standard InChI is InChI=1S/C17H15F3O4/c1-22-16(21)11-4-12-2-5-13(6-3-12)23-14-7-9-15(10-8-14)24-17(18,19)20/h2-3,5-10H,4,11H2,1H3. The maximum Gasteiger partial charge on any atom is 0.573 e. The minimum atomic E-state index is -4.72. The summed E-state index contributed by atoms with van der Waals surface area (Å²) in [6.07, 6.45) is -3.88. The average molecular weight is 340 g/mol. The van der Waals surface area contributed by atoms with E-state index in [1.165, 1.54) is 31.4 Å². The van der Waals surface area contributed by atoms with Gasteiger partial charge in [-0.3, -0.25) is 4.79 Å². The number of benzene rings is 2. The van der Waals surface area contributed by atoms with E-state index < -0.39 is 6.36 Å². The summed E-state index contributed by atoms with van der Waals surface area (Å²) in [5, 5.41) is 0. The first-order valence-corrected chi connectivity index (χ1v) is 7.05. The number of aryl methyl sites for hydroxylation is 1. The highest BCUT2D eigenvalue weighted by Gasteiger charge is 2.30. The van der Waals surface area contributed by atoms with Gasteiger partial charge in [-0.15, -0.1) is 13.2 Å². The Morgan fingerprint density at radius 3 is 1.92 bits per heavy atom. The van der Waals surface area contributed by atoms with E-state index in [0.717, 1.165) is 5.56 Å². The zero-order chi connectivity index (χ0) is 17.6. The highest BCUT2D eigenvalue weighted by molar-refractivity contribution is 5.69. The lowest BCUT2D eigenvalue weighted by molar-refractivity contribution is -0.274. The van der Waals surface area contributed by atoms with Crippen molar-refractivity contribution in [1.82, 2.24) is 0 Å².